The van der Waals surface area contributed by atoms with E-state index < -0.39 is 0 Å². The number of ether oxygens (including phenoxy) is 1. The Morgan fingerprint density at radius 2 is 1.88 bits per heavy atom. The van der Waals surface area contributed by atoms with Crippen molar-refractivity contribution in [2.24, 2.45) is 0 Å². The maximum atomic E-state index is 12.2. The topological polar surface area (TPSA) is 44.1 Å². The van der Waals surface area contributed by atoms with Crippen LogP contribution in [0.5, 0.6) is 0 Å². The number of para-hydroxylation sites is 1. The van der Waals surface area contributed by atoms with Gasteiger partial charge in [-0.05, 0) is 30.3 Å². The van der Waals surface area contributed by atoms with Crippen LogP contribution in [0.4, 0.5) is 0 Å². The van der Waals surface area contributed by atoms with E-state index in [1.54, 1.807) is 18.5 Å². The molecular formula is C19H13BrN2O2. The highest BCUT2D eigenvalue weighted by molar-refractivity contribution is 9.10. The summed E-state index contributed by atoms with van der Waals surface area (Å²) in [5.74, 6) is -0.379. The highest BCUT2D eigenvalue weighted by atomic mass is 79.9. The lowest BCUT2D eigenvalue weighted by Crippen LogP contribution is -2.08. The number of hydrogen-bond acceptors (Lipinski definition) is 3. The molecular weight excluding hydrogens is 368 g/mol. The smallest absolute Gasteiger partial charge is 0.340 e. The second-order valence-corrected chi connectivity index (χ2v) is 6.31. The number of rotatable bonds is 2. The average molecular weight is 381 g/mol. The van der Waals surface area contributed by atoms with Crippen LogP contribution in [0.25, 0.3) is 27.5 Å². The van der Waals surface area contributed by atoms with Crippen molar-refractivity contribution >= 4 is 43.7 Å². The number of hydrogen-bond donors (Lipinski definition) is 0. The second kappa shape index (κ2) is 5.76. The van der Waals surface area contributed by atoms with E-state index in [1.807, 2.05) is 30.3 Å². The number of methoxy groups -OCH3 is 1. The number of pyridine rings is 1. The minimum absolute atomic E-state index is 0.379. The molecule has 24 heavy (non-hydrogen) atoms. The van der Waals surface area contributed by atoms with Gasteiger partial charge in [0.25, 0.3) is 0 Å². The minimum Gasteiger partial charge on any atom is -0.465 e. The van der Waals surface area contributed by atoms with Gasteiger partial charge in [-0.2, -0.15) is 0 Å². The molecule has 0 aliphatic rings. The van der Waals surface area contributed by atoms with E-state index in [0.717, 1.165) is 26.3 Å². The molecule has 0 amide bonds. The molecule has 0 aliphatic carbocycles. The molecule has 4 rings (SSSR count). The normalized spacial score (nSPS) is 11.1. The van der Waals surface area contributed by atoms with Gasteiger partial charge in [-0.25, -0.2) is 4.79 Å². The highest BCUT2D eigenvalue weighted by Gasteiger charge is 2.18. The summed E-state index contributed by atoms with van der Waals surface area (Å²) >= 11 is 3.54. The van der Waals surface area contributed by atoms with Gasteiger partial charge in [0.2, 0.25) is 0 Å². The Balaban J connectivity index is 2.16. The first-order valence-electron chi connectivity index (χ1n) is 7.42. The lowest BCUT2D eigenvalue weighted by molar-refractivity contribution is 0.0600. The van der Waals surface area contributed by atoms with E-state index in [4.69, 9.17) is 4.74 Å². The summed E-state index contributed by atoms with van der Waals surface area (Å²) < 4.78 is 7.99. The van der Waals surface area contributed by atoms with Crippen molar-refractivity contribution in [3.05, 3.63) is 71.0 Å². The number of carbonyl (C=O) groups is 1. The predicted octanol–water partition coefficient (Wildman–Crippen LogP) is 4.73. The molecule has 0 saturated heterocycles. The molecule has 0 saturated carbocycles. The molecule has 4 aromatic rings. The molecule has 2 aromatic carbocycles. The number of esters is 1. The number of fused-ring (bicyclic) bond motifs is 3. The van der Waals surface area contributed by atoms with E-state index in [-0.39, 0.29) is 5.97 Å². The molecule has 2 aromatic heterocycles. The maximum Gasteiger partial charge on any atom is 0.340 e. The van der Waals surface area contributed by atoms with Crippen LogP contribution in [0.15, 0.2) is 65.4 Å². The first-order chi connectivity index (χ1) is 11.7. The van der Waals surface area contributed by atoms with Crippen LogP contribution in [-0.2, 0) is 4.74 Å². The summed E-state index contributed by atoms with van der Waals surface area (Å²) in [4.78, 5) is 16.4. The van der Waals surface area contributed by atoms with Crippen molar-refractivity contribution in [1.82, 2.24) is 9.55 Å². The fraction of sp³-hybridized carbons (Fsp3) is 0.0526. The van der Waals surface area contributed by atoms with E-state index in [0.29, 0.717) is 11.3 Å². The van der Waals surface area contributed by atoms with Crippen LogP contribution in [-0.4, -0.2) is 22.6 Å². The third kappa shape index (κ3) is 2.20. The molecule has 0 spiro atoms. The SMILES string of the molecule is COC(=O)c1ccncc1-n1c2ccccc2c2cc(Br)ccc21. The molecule has 0 unspecified atom stereocenters. The van der Waals surface area contributed by atoms with Gasteiger partial charge in [0.05, 0.1) is 35.6 Å². The summed E-state index contributed by atoms with van der Waals surface area (Å²) in [5, 5.41) is 2.23. The Morgan fingerprint density at radius 3 is 2.71 bits per heavy atom. The standard InChI is InChI=1S/C19H13BrN2O2/c1-24-19(23)14-8-9-21-11-18(14)22-16-5-3-2-4-13(16)15-10-12(20)6-7-17(15)22/h2-11H,1H3. The molecule has 4 nitrogen and oxygen atoms in total. The van der Waals surface area contributed by atoms with E-state index in [9.17, 15) is 4.79 Å². The van der Waals surface area contributed by atoms with Crippen LogP contribution < -0.4 is 0 Å². The van der Waals surface area contributed by atoms with Crippen LogP contribution >= 0.6 is 15.9 Å². The average Bonchev–Trinajstić information content (AvgIpc) is 2.94. The number of benzene rings is 2. The summed E-state index contributed by atoms with van der Waals surface area (Å²) in [6, 6.07) is 15.9. The van der Waals surface area contributed by atoms with E-state index in [2.05, 4.69) is 37.6 Å². The third-order valence-electron chi connectivity index (χ3n) is 4.08. The Labute approximate surface area is 146 Å². The van der Waals surface area contributed by atoms with Gasteiger partial charge in [0.15, 0.2) is 0 Å². The minimum atomic E-state index is -0.379. The Hall–Kier alpha value is -2.66. The maximum absolute atomic E-state index is 12.2. The van der Waals surface area contributed by atoms with E-state index in [1.165, 1.54) is 7.11 Å². The van der Waals surface area contributed by atoms with Gasteiger partial charge in [0, 0.05) is 21.4 Å². The van der Waals surface area contributed by atoms with Crippen LogP contribution in [0.1, 0.15) is 10.4 Å². The van der Waals surface area contributed by atoms with Crippen molar-refractivity contribution in [3.8, 4) is 5.69 Å². The molecule has 0 N–H and O–H groups in total. The Morgan fingerprint density at radius 1 is 1.08 bits per heavy atom. The summed E-state index contributed by atoms with van der Waals surface area (Å²) in [5.41, 5.74) is 3.22. The molecule has 0 radical (unpaired) electrons. The van der Waals surface area contributed by atoms with Gasteiger partial charge >= 0.3 is 5.97 Å². The van der Waals surface area contributed by atoms with Gasteiger partial charge in [-0.3, -0.25) is 4.98 Å². The largest absolute Gasteiger partial charge is 0.465 e. The first-order valence-corrected chi connectivity index (χ1v) is 8.21. The fourth-order valence-electron chi connectivity index (χ4n) is 3.05. The Kier molecular flexibility index (Phi) is 3.58. The van der Waals surface area contributed by atoms with Crippen molar-refractivity contribution in [2.75, 3.05) is 7.11 Å². The molecule has 2 heterocycles. The zero-order valence-corrected chi connectivity index (χ0v) is 14.4. The van der Waals surface area contributed by atoms with Gasteiger partial charge in [0.1, 0.15) is 0 Å². The first kappa shape index (κ1) is 14.9. The van der Waals surface area contributed by atoms with Gasteiger partial charge in [-0.1, -0.05) is 34.1 Å². The van der Waals surface area contributed by atoms with Crippen LogP contribution in [0.2, 0.25) is 0 Å². The molecule has 118 valence electrons. The highest BCUT2D eigenvalue weighted by Crippen LogP contribution is 2.34. The number of nitrogens with zero attached hydrogens (tertiary/aromatic N) is 2. The van der Waals surface area contributed by atoms with Crippen molar-refractivity contribution < 1.29 is 9.53 Å². The zero-order chi connectivity index (χ0) is 16.7. The number of halogens is 1. The zero-order valence-electron chi connectivity index (χ0n) is 12.9. The monoisotopic (exact) mass is 380 g/mol. The molecule has 0 bridgehead atoms. The van der Waals surface area contributed by atoms with Crippen molar-refractivity contribution in [1.29, 1.82) is 0 Å². The van der Waals surface area contributed by atoms with Crippen LogP contribution in [0, 0.1) is 0 Å². The van der Waals surface area contributed by atoms with Crippen molar-refractivity contribution in [2.45, 2.75) is 0 Å². The van der Waals surface area contributed by atoms with Gasteiger partial charge < -0.3 is 9.30 Å². The molecule has 0 fully saturated rings. The third-order valence-corrected chi connectivity index (χ3v) is 4.57. The van der Waals surface area contributed by atoms with Crippen LogP contribution in [0.3, 0.4) is 0 Å². The summed E-state index contributed by atoms with van der Waals surface area (Å²) in [6.45, 7) is 0. The molecule has 0 aliphatic heterocycles. The summed E-state index contributed by atoms with van der Waals surface area (Å²) in [7, 11) is 1.38. The fourth-order valence-corrected chi connectivity index (χ4v) is 3.41. The molecule has 5 heteroatoms. The number of carbonyl (C=O) groups excluding carboxylic acids is 1. The Bertz CT molecular complexity index is 1090. The predicted molar refractivity (Wildman–Crippen MR) is 97.6 cm³/mol. The van der Waals surface area contributed by atoms with E-state index >= 15 is 0 Å². The van der Waals surface area contributed by atoms with Crippen molar-refractivity contribution in [3.63, 3.8) is 0 Å². The molecule has 0 atom stereocenters. The summed E-state index contributed by atoms with van der Waals surface area (Å²) in [6.07, 6.45) is 3.29. The lowest BCUT2D eigenvalue weighted by Gasteiger charge is -2.11. The lowest BCUT2D eigenvalue weighted by atomic mass is 10.2. The van der Waals surface area contributed by atoms with Gasteiger partial charge in [-0.15, -0.1) is 0 Å². The second-order valence-electron chi connectivity index (χ2n) is 5.40. The quantitative estimate of drug-likeness (QED) is 0.472. The number of aromatic nitrogens is 2.